The van der Waals surface area contributed by atoms with E-state index >= 15 is 0 Å². The van der Waals surface area contributed by atoms with Crippen molar-refractivity contribution in [1.82, 2.24) is 0 Å². The van der Waals surface area contributed by atoms with Gasteiger partial charge in [-0.2, -0.15) is 19.8 Å². The third kappa shape index (κ3) is 9.50. The van der Waals surface area contributed by atoms with Crippen molar-refractivity contribution in [3.63, 3.8) is 0 Å². The Hall–Kier alpha value is 1.50. The molecule has 0 aliphatic carbocycles. The van der Waals surface area contributed by atoms with Gasteiger partial charge in [-0.3, -0.25) is 0 Å². The molecule has 0 aliphatic heterocycles. The van der Waals surface area contributed by atoms with Gasteiger partial charge in [-0.1, -0.05) is 20.3 Å². The van der Waals surface area contributed by atoms with Crippen molar-refractivity contribution in [1.29, 1.82) is 0 Å². The van der Waals surface area contributed by atoms with Crippen LogP contribution in [-0.2, 0) is 0 Å². The fraction of sp³-hybridized carbons (Fsp3) is 0.857. The molecule has 0 aliphatic rings. The molecule has 1 atom stereocenters. The minimum Gasteiger partial charge on any atom is -1.00 e. The monoisotopic (exact) mass is 250 g/mol. The summed E-state index contributed by atoms with van der Waals surface area (Å²) in [6, 6.07) is 0. The van der Waals surface area contributed by atoms with E-state index in [2.05, 4.69) is 27.7 Å². The SMILES string of the molecule is CCC(C)[C-](C)C.[I-].[Mg+2]. The first-order valence-corrected chi connectivity index (χ1v) is 2.98. The maximum absolute atomic E-state index is 2.26. The van der Waals surface area contributed by atoms with Crippen LogP contribution < -0.4 is 24.0 Å². The Morgan fingerprint density at radius 1 is 1.33 bits per heavy atom. The van der Waals surface area contributed by atoms with Crippen molar-refractivity contribution in [2.24, 2.45) is 5.92 Å². The van der Waals surface area contributed by atoms with E-state index in [9.17, 15) is 0 Å². The van der Waals surface area contributed by atoms with Crippen molar-refractivity contribution >= 4 is 23.1 Å². The standard InChI is InChI=1S/C7H15.HI.Mg/c1-5-7(4)6(2)3;;/h7H,5H2,1-4H3;1H;/q-1;;+2/p-1. The average Bonchev–Trinajstić information content (AvgIpc) is 1.65. The van der Waals surface area contributed by atoms with Gasteiger partial charge in [-0.15, -0.1) is 0 Å². The number of hydrogen-bond acceptors (Lipinski definition) is 0. The maximum Gasteiger partial charge on any atom is 2.00 e. The van der Waals surface area contributed by atoms with Crippen LogP contribution in [0.2, 0.25) is 0 Å². The largest absolute Gasteiger partial charge is 2.00 e. The molecule has 0 nitrogen and oxygen atoms in total. The van der Waals surface area contributed by atoms with E-state index < -0.39 is 0 Å². The zero-order valence-electron chi connectivity index (χ0n) is 6.87. The van der Waals surface area contributed by atoms with E-state index in [0.29, 0.717) is 0 Å². The molecule has 0 heterocycles. The minimum absolute atomic E-state index is 0. The first-order valence-electron chi connectivity index (χ1n) is 2.98. The number of rotatable bonds is 2. The van der Waals surface area contributed by atoms with Crippen molar-refractivity contribution in [3.8, 4) is 0 Å². The molecule has 0 radical (unpaired) electrons. The summed E-state index contributed by atoms with van der Waals surface area (Å²) < 4.78 is 0. The summed E-state index contributed by atoms with van der Waals surface area (Å²) in [7, 11) is 0. The Balaban J connectivity index is -0.000000180. The van der Waals surface area contributed by atoms with Crippen LogP contribution >= 0.6 is 0 Å². The Morgan fingerprint density at radius 2 is 1.67 bits per heavy atom. The van der Waals surface area contributed by atoms with Gasteiger partial charge in [0.05, 0.1) is 0 Å². The average molecular weight is 250 g/mol. The minimum atomic E-state index is 0. The third-order valence-electron chi connectivity index (χ3n) is 1.60. The first-order chi connectivity index (χ1) is 3.18. The Kier molecular flexibility index (Phi) is 17.8. The van der Waals surface area contributed by atoms with E-state index in [-0.39, 0.29) is 47.0 Å². The summed E-state index contributed by atoms with van der Waals surface area (Å²) in [5, 5.41) is 0. The van der Waals surface area contributed by atoms with Gasteiger partial charge in [0.15, 0.2) is 0 Å². The Bertz CT molecular complexity index is 46.2. The third-order valence-corrected chi connectivity index (χ3v) is 1.60. The van der Waals surface area contributed by atoms with Gasteiger partial charge in [0.1, 0.15) is 0 Å². The van der Waals surface area contributed by atoms with Crippen molar-refractivity contribution < 1.29 is 24.0 Å². The van der Waals surface area contributed by atoms with E-state index in [0.717, 1.165) is 5.92 Å². The van der Waals surface area contributed by atoms with Crippen molar-refractivity contribution in [3.05, 3.63) is 5.92 Å². The van der Waals surface area contributed by atoms with Gasteiger partial charge >= 0.3 is 23.1 Å². The van der Waals surface area contributed by atoms with E-state index in [4.69, 9.17) is 0 Å². The van der Waals surface area contributed by atoms with Crippen LogP contribution in [0.25, 0.3) is 0 Å². The van der Waals surface area contributed by atoms with Gasteiger partial charge in [-0.05, 0) is 0 Å². The zero-order chi connectivity index (χ0) is 5.86. The van der Waals surface area contributed by atoms with Crippen LogP contribution in [0.1, 0.15) is 34.1 Å². The summed E-state index contributed by atoms with van der Waals surface area (Å²) in [5.74, 6) is 2.36. The van der Waals surface area contributed by atoms with Gasteiger partial charge in [0.2, 0.25) is 0 Å². The zero-order valence-corrected chi connectivity index (χ0v) is 10.4. The van der Waals surface area contributed by atoms with E-state index in [1.807, 2.05) is 0 Å². The second-order valence-corrected chi connectivity index (χ2v) is 2.39. The molecular formula is C7H15IMg. The molecule has 0 saturated heterocycles. The van der Waals surface area contributed by atoms with Crippen LogP contribution in [0.4, 0.5) is 0 Å². The summed E-state index contributed by atoms with van der Waals surface area (Å²) in [6.07, 6.45) is 1.28. The molecule has 52 valence electrons. The fourth-order valence-electron chi connectivity index (χ4n) is 0.408. The maximum atomic E-state index is 2.26. The predicted molar refractivity (Wildman–Crippen MR) is 39.8 cm³/mol. The van der Waals surface area contributed by atoms with Crippen LogP contribution in [0.5, 0.6) is 0 Å². The Labute approximate surface area is 92.3 Å². The second kappa shape index (κ2) is 9.50. The van der Waals surface area contributed by atoms with Crippen molar-refractivity contribution in [2.75, 3.05) is 0 Å². The second-order valence-electron chi connectivity index (χ2n) is 2.39. The molecule has 0 spiro atoms. The topological polar surface area (TPSA) is 0 Å². The van der Waals surface area contributed by atoms with Crippen LogP contribution in [0, 0.1) is 11.8 Å². The van der Waals surface area contributed by atoms with Crippen LogP contribution in [0.15, 0.2) is 0 Å². The molecule has 0 aromatic heterocycles. The molecule has 1 unspecified atom stereocenters. The fourth-order valence-corrected chi connectivity index (χ4v) is 0.408. The molecule has 9 heavy (non-hydrogen) atoms. The van der Waals surface area contributed by atoms with Gasteiger partial charge < -0.3 is 29.9 Å². The quantitative estimate of drug-likeness (QED) is 0.344. The molecule has 0 bridgehead atoms. The first kappa shape index (κ1) is 16.8. The molecule has 0 aromatic rings. The smallest absolute Gasteiger partial charge is 1.00 e. The number of halogens is 1. The molecule has 0 aromatic carbocycles. The molecule has 0 N–H and O–H groups in total. The van der Waals surface area contributed by atoms with Crippen LogP contribution in [-0.4, -0.2) is 23.1 Å². The molecule has 0 fully saturated rings. The van der Waals surface area contributed by atoms with Gasteiger partial charge in [0, 0.05) is 0 Å². The van der Waals surface area contributed by atoms with Crippen LogP contribution in [0.3, 0.4) is 0 Å². The normalized spacial score (nSPS) is 11.7. The van der Waals surface area contributed by atoms with Crippen molar-refractivity contribution in [2.45, 2.75) is 34.1 Å². The summed E-state index contributed by atoms with van der Waals surface area (Å²) in [6.45, 7) is 8.86. The summed E-state index contributed by atoms with van der Waals surface area (Å²) >= 11 is 0. The molecule has 0 rings (SSSR count). The molecule has 2 heteroatoms. The Morgan fingerprint density at radius 3 is 1.67 bits per heavy atom. The van der Waals surface area contributed by atoms with E-state index in [1.165, 1.54) is 6.42 Å². The van der Waals surface area contributed by atoms with Gasteiger partial charge in [-0.25, -0.2) is 0 Å². The summed E-state index contributed by atoms with van der Waals surface area (Å²) in [5.41, 5.74) is 0. The molecule has 0 saturated carbocycles. The number of hydrogen-bond donors (Lipinski definition) is 0. The molecule has 0 amide bonds. The predicted octanol–water partition coefficient (Wildman–Crippen LogP) is -0.730. The van der Waals surface area contributed by atoms with Gasteiger partial charge in [0.25, 0.3) is 0 Å². The van der Waals surface area contributed by atoms with E-state index in [1.54, 1.807) is 5.92 Å². The summed E-state index contributed by atoms with van der Waals surface area (Å²) in [4.78, 5) is 0. The molecular weight excluding hydrogens is 235 g/mol.